The molecule has 4 heteroatoms. The number of piperidine rings is 1. The zero-order valence-corrected chi connectivity index (χ0v) is 7.81. The Hall–Kier alpha value is -0.870. The molecule has 0 spiro atoms. The normalized spacial score (nSPS) is 30.6. The van der Waals surface area contributed by atoms with E-state index in [0.29, 0.717) is 12.1 Å². The van der Waals surface area contributed by atoms with Crippen molar-refractivity contribution in [1.29, 1.82) is 0 Å². The lowest BCUT2D eigenvalue weighted by Gasteiger charge is -2.33. The van der Waals surface area contributed by atoms with Crippen LogP contribution in [0.25, 0.3) is 0 Å². The molecule has 2 atom stereocenters. The third kappa shape index (κ3) is 1.73. The number of nitrogens with two attached hydrogens (primary N) is 1. The first-order valence-electron chi connectivity index (χ1n) is 4.64. The number of nitrogens with zero attached hydrogens (tertiary/aromatic N) is 2. The summed E-state index contributed by atoms with van der Waals surface area (Å²) in [6, 6.07) is 2.52. The van der Waals surface area contributed by atoms with Crippen LogP contribution in [0.2, 0.25) is 0 Å². The van der Waals surface area contributed by atoms with Gasteiger partial charge in [0.05, 0.1) is 12.2 Å². The maximum atomic E-state index is 5.90. The van der Waals surface area contributed by atoms with Gasteiger partial charge in [0.2, 0.25) is 0 Å². The SMILES string of the molecule is CN1CCC(N)CC1c1ccno1. The second-order valence-corrected chi connectivity index (χ2v) is 3.70. The average Bonchev–Trinajstić information content (AvgIpc) is 2.61. The van der Waals surface area contributed by atoms with E-state index in [0.717, 1.165) is 25.1 Å². The summed E-state index contributed by atoms with van der Waals surface area (Å²) in [7, 11) is 2.10. The van der Waals surface area contributed by atoms with Gasteiger partial charge in [0, 0.05) is 18.7 Å². The largest absolute Gasteiger partial charge is 0.360 e. The Morgan fingerprint density at radius 1 is 1.69 bits per heavy atom. The van der Waals surface area contributed by atoms with E-state index in [9.17, 15) is 0 Å². The molecule has 2 N–H and O–H groups in total. The molecule has 4 nitrogen and oxygen atoms in total. The van der Waals surface area contributed by atoms with E-state index >= 15 is 0 Å². The van der Waals surface area contributed by atoms with Crippen LogP contribution < -0.4 is 5.73 Å². The van der Waals surface area contributed by atoms with E-state index in [4.69, 9.17) is 10.3 Å². The van der Waals surface area contributed by atoms with Crippen LogP contribution in [0.15, 0.2) is 16.8 Å². The first-order chi connectivity index (χ1) is 6.27. The topological polar surface area (TPSA) is 55.3 Å². The van der Waals surface area contributed by atoms with Gasteiger partial charge in [0.1, 0.15) is 0 Å². The second kappa shape index (κ2) is 3.47. The smallest absolute Gasteiger partial charge is 0.153 e. The van der Waals surface area contributed by atoms with Gasteiger partial charge in [-0.05, 0) is 19.9 Å². The van der Waals surface area contributed by atoms with Crippen LogP contribution in [0, 0.1) is 0 Å². The molecule has 0 bridgehead atoms. The molecule has 0 saturated carbocycles. The molecule has 72 valence electrons. The molecule has 0 aliphatic carbocycles. The summed E-state index contributed by atoms with van der Waals surface area (Å²) in [5, 5.41) is 3.71. The average molecular weight is 181 g/mol. The second-order valence-electron chi connectivity index (χ2n) is 3.70. The minimum absolute atomic E-state index is 0.297. The Bertz CT molecular complexity index is 260. The van der Waals surface area contributed by atoms with Crippen molar-refractivity contribution in [2.45, 2.75) is 24.9 Å². The van der Waals surface area contributed by atoms with Gasteiger partial charge in [0.15, 0.2) is 5.76 Å². The summed E-state index contributed by atoms with van der Waals surface area (Å²) >= 11 is 0. The van der Waals surface area contributed by atoms with Crippen molar-refractivity contribution in [2.75, 3.05) is 13.6 Å². The summed E-state index contributed by atoms with van der Waals surface area (Å²) in [5.41, 5.74) is 5.90. The van der Waals surface area contributed by atoms with Crippen LogP contribution in [0.3, 0.4) is 0 Å². The van der Waals surface area contributed by atoms with Crippen molar-refractivity contribution in [3.8, 4) is 0 Å². The molecule has 1 aliphatic heterocycles. The Kier molecular flexibility index (Phi) is 2.33. The van der Waals surface area contributed by atoms with Crippen molar-refractivity contribution in [1.82, 2.24) is 10.1 Å². The molecule has 0 aromatic carbocycles. The molecule has 1 aromatic heterocycles. The van der Waals surface area contributed by atoms with Crippen LogP contribution in [-0.2, 0) is 0 Å². The third-order valence-electron chi connectivity index (χ3n) is 2.70. The van der Waals surface area contributed by atoms with Crippen molar-refractivity contribution >= 4 is 0 Å². The van der Waals surface area contributed by atoms with Gasteiger partial charge in [-0.3, -0.25) is 4.90 Å². The van der Waals surface area contributed by atoms with Crippen LogP contribution in [0.4, 0.5) is 0 Å². The number of rotatable bonds is 1. The van der Waals surface area contributed by atoms with Crippen molar-refractivity contribution in [3.63, 3.8) is 0 Å². The maximum Gasteiger partial charge on any atom is 0.153 e. The van der Waals surface area contributed by atoms with E-state index in [2.05, 4.69) is 17.1 Å². The number of hydrogen-bond donors (Lipinski definition) is 1. The number of likely N-dealkylation sites (tertiary alicyclic amines) is 1. The highest BCUT2D eigenvalue weighted by atomic mass is 16.5. The maximum absolute atomic E-state index is 5.90. The fraction of sp³-hybridized carbons (Fsp3) is 0.667. The van der Waals surface area contributed by atoms with Gasteiger partial charge >= 0.3 is 0 Å². The van der Waals surface area contributed by atoms with Gasteiger partial charge in [-0.25, -0.2) is 0 Å². The molecule has 1 aromatic rings. The summed E-state index contributed by atoms with van der Waals surface area (Å²) in [6.07, 6.45) is 3.72. The first kappa shape index (κ1) is 8.72. The highest BCUT2D eigenvalue weighted by Crippen LogP contribution is 2.28. The van der Waals surface area contributed by atoms with Gasteiger partial charge in [-0.2, -0.15) is 0 Å². The minimum atomic E-state index is 0.297. The molecule has 2 rings (SSSR count). The fourth-order valence-electron chi connectivity index (χ4n) is 1.84. The molecule has 1 fully saturated rings. The lowest BCUT2D eigenvalue weighted by molar-refractivity contribution is 0.142. The number of aromatic nitrogens is 1. The molecular formula is C9H15N3O. The summed E-state index contributed by atoms with van der Waals surface area (Å²) in [6.45, 7) is 1.03. The van der Waals surface area contributed by atoms with E-state index in [-0.39, 0.29) is 0 Å². The van der Waals surface area contributed by atoms with Crippen LogP contribution in [0.1, 0.15) is 24.6 Å². The van der Waals surface area contributed by atoms with E-state index < -0.39 is 0 Å². The van der Waals surface area contributed by atoms with Crippen LogP contribution in [-0.4, -0.2) is 29.7 Å². The highest BCUT2D eigenvalue weighted by molar-refractivity contribution is 5.03. The molecule has 2 unspecified atom stereocenters. The summed E-state index contributed by atoms with van der Waals surface area (Å²) in [4.78, 5) is 2.27. The molecule has 13 heavy (non-hydrogen) atoms. The predicted octanol–water partition coefficient (Wildman–Crippen LogP) is 0.769. The zero-order valence-electron chi connectivity index (χ0n) is 7.81. The molecule has 1 aliphatic rings. The van der Waals surface area contributed by atoms with Crippen molar-refractivity contribution < 1.29 is 4.52 Å². The highest BCUT2D eigenvalue weighted by Gasteiger charge is 2.27. The number of hydrogen-bond acceptors (Lipinski definition) is 4. The molecular weight excluding hydrogens is 166 g/mol. The third-order valence-corrected chi connectivity index (χ3v) is 2.70. The van der Waals surface area contributed by atoms with Gasteiger partial charge in [0.25, 0.3) is 0 Å². The predicted molar refractivity (Wildman–Crippen MR) is 49.1 cm³/mol. The Labute approximate surface area is 77.7 Å². The molecule has 1 saturated heterocycles. The Morgan fingerprint density at radius 3 is 3.23 bits per heavy atom. The Balaban J connectivity index is 2.12. The van der Waals surface area contributed by atoms with Crippen molar-refractivity contribution in [3.05, 3.63) is 18.0 Å². The standard InChI is InChI=1S/C9H15N3O/c1-12-5-3-7(10)6-8(12)9-2-4-11-13-9/h2,4,7-8H,3,5-6,10H2,1H3. The molecule has 2 heterocycles. The quantitative estimate of drug-likeness (QED) is 0.695. The molecule has 0 radical (unpaired) electrons. The van der Waals surface area contributed by atoms with Crippen LogP contribution in [0.5, 0.6) is 0 Å². The molecule has 0 amide bonds. The monoisotopic (exact) mass is 181 g/mol. The first-order valence-corrected chi connectivity index (χ1v) is 4.64. The minimum Gasteiger partial charge on any atom is -0.360 e. The lowest BCUT2D eigenvalue weighted by Crippen LogP contribution is -2.39. The fourth-order valence-corrected chi connectivity index (χ4v) is 1.84. The van der Waals surface area contributed by atoms with E-state index in [1.54, 1.807) is 6.20 Å². The Morgan fingerprint density at radius 2 is 2.54 bits per heavy atom. The van der Waals surface area contributed by atoms with Gasteiger partial charge in [-0.15, -0.1) is 0 Å². The van der Waals surface area contributed by atoms with Gasteiger partial charge < -0.3 is 10.3 Å². The summed E-state index contributed by atoms with van der Waals surface area (Å²) < 4.78 is 5.14. The van der Waals surface area contributed by atoms with E-state index in [1.807, 2.05) is 6.07 Å². The van der Waals surface area contributed by atoms with E-state index in [1.165, 1.54) is 0 Å². The zero-order chi connectivity index (χ0) is 9.26. The summed E-state index contributed by atoms with van der Waals surface area (Å²) in [5.74, 6) is 0.928. The van der Waals surface area contributed by atoms with Gasteiger partial charge in [-0.1, -0.05) is 5.16 Å². The van der Waals surface area contributed by atoms with Crippen LogP contribution >= 0.6 is 0 Å². The van der Waals surface area contributed by atoms with Crippen molar-refractivity contribution in [2.24, 2.45) is 5.73 Å². The lowest BCUT2D eigenvalue weighted by atomic mass is 9.97.